The number of anilines is 1. The number of amides is 1. The van der Waals surface area contributed by atoms with Gasteiger partial charge in [0.25, 0.3) is 0 Å². The van der Waals surface area contributed by atoms with E-state index in [-0.39, 0.29) is 39.8 Å². The van der Waals surface area contributed by atoms with Gasteiger partial charge in [0.1, 0.15) is 10.7 Å². The average Bonchev–Trinajstić information content (AvgIpc) is 2.86. The first-order valence-corrected chi connectivity index (χ1v) is 13.2. The van der Waals surface area contributed by atoms with Crippen molar-refractivity contribution in [1.29, 1.82) is 0 Å². The third-order valence-corrected chi connectivity index (χ3v) is 8.36. The van der Waals surface area contributed by atoms with Crippen LogP contribution in [0.2, 0.25) is 10.0 Å². The molecule has 1 fully saturated rings. The van der Waals surface area contributed by atoms with E-state index in [9.17, 15) is 17.6 Å². The molecule has 0 saturated carbocycles. The number of rotatable bonds is 7. The summed E-state index contributed by atoms with van der Waals surface area (Å²) < 4.78 is 42.4. The summed E-state index contributed by atoms with van der Waals surface area (Å²) in [5.41, 5.74) is 1.22. The van der Waals surface area contributed by atoms with Crippen LogP contribution in [-0.2, 0) is 21.4 Å². The van der Waals surface area contributed by atoms with Crippen molar-refractivity contribution in [2.75, 3.05) is 37.6 Å². The largest absolute Gasteiger partial charge is 0.366 e. The second-order valence-electron chi connectivity index (χ2n) is 8.15. The van der Waals surface area contributed by atoms with Crippen LogP contribution in [0.5, 0.6) is 0 Å². The van der Waals surface area contributed by atoms with Crippen LogP contribution in [-0.4, -0.2) is 56.3 Å². The number of benzene rings is 3. The number of halogens is 3. The Balaban J connectivity index is 1.53. The molecule has 35 heavy (non-hydrogen) atoms. The van der Waals surface area contributed by atoms with Gasteiger partial charge in [-0.05, 0) is 35.9 Å². The molecule has 0 radical (unpaired) electrons. The van der Waals surface area contributed by atoms with Gasteiger partial charge in [-0.15, -0.1) is 0 Å². The van der Waals surface area contributed by atoms with Crippen LogP contribution >= 0.6 is 23.2 Å². The summed E-state index contributed by atoms with van der Waals surface area (Å²) in [6.45, 7) is 1.22. The van der Waals surface area contributed by atoms with E-state index in [1.54, 1.807) is 47.4 Å². The average molecular weight is 536 g/mol. The Labute approximate surface area is 214 Å². The lowest BCUT2D eigenvalue weighted by atomic mass is 10.2. The van der Waals surface area contributed by atoms with Crippen LogP contribution in [0.15, 0.2) is 77.7 Å². The van der Waals surface area contributed by atoms with Gasteiger partial charge in [-0.3, -0.25) is 4.79 Å². The summed E-state index contributed by atoms with van der Waals surface area (Å²) in [6, 6.07) is 19.7. The molecule has 10 heteroatoms. The van der Waals surface area contributed by atoms with Crippen LogP contribution in [0.3, 0.4) is 0 Å². The summed E-state index contributed by atoms with van der Waals surface area (Å²) in [4.78, 5) is 16.5. The summed E-state index contributed by atoms with van der Waals surface area (Å²) in [5.74, 6) is -0.651. The number of carbonyl (C=O) groups is 1. The van der Waals surface area contributed by atoms with E-state index >= 15 is 0 Å². The van der Waals surface area contributed by atoms with Crippen LogP contribution in [0.25, 0.3) is 0 Å². The standard InChI is InChI=1S/C25H24Cl2FN3O3S/c26-20-10-11-21(27)24(16-20)35(33,34)31(17-19-6-2-1-3-7-19)18-25(32)30-14-12-29(13-15-30)23-9-5-4-8-22(23)28/h1-11,16H,12-15,17-18H2. The highest BCUT2D eigenvalue weighted by Gasteiger charge is 2.32. The van der Waals surface area contributed by atoms with Crippen molar-refractivity contribution in [1.82, 2.24) is 9.21 Å². The van der Waals surface area contributed by atoms with Gasteiger partial charge in [0, 0.05) is 37.7 Å². The highest BCUT2D eigenvalue weighted by molar-refractivity contribution is 7.89. The fourth-order valence-electron chi connectivity index (χ4n) is 3.98. The lowest BCUT2D eigenvalue weighted by molar-refractivity contribution is -0.131. The molecular formula is C25H24Cl2FN3O3S. The Morgan fingerprint density at radius 1 is 0.914 bits per heavy atom. The van der Waals surface area contributed by atoms with E-state index in [0.29, 0.717) is 31.9 Å². The second kappa shape index (κ2) is 11.0. The Kier molecular flexibility index (Phi) is 7.96. The van der Waals surface area contributed by atoms with Gasteiger partial charge in [0.2, 0.25) is 15.9 Å². The molecule has 0 spiro atoms. The van der Waals surface area contributed by atoms with E-state index in [4.69, 9.17) is 23.2 Å². The molecule has 184 valence electrons. The number of hydrogen-bond donors (Lipinski definition) is 0. The topological polar surface area (TPSA) is 60.9 Å². The highest BCUT2D eigenvalue weighted by Crippen LogP contribution is 2.29. The van der Waals surface area contributed by atoms with Gasteiger partial charge in [-0.25, -0.2) is 12.8 Å². The molecule has 1 amide bonds. The second-order valence-corrected chi connectivity index (χ2v) is 10.9. The molecule has 1 aliphatic rings. The lowest BCUT2D eigenvalue weighted by Gasteiger charge is -2.37. The number of carbonyl (C=O) groups excluding carboxylic acids is 1. The van der Waals surface area contributed by atoms with Crippen LogP contribution in [0.1, 0.15) is 5.56 Å². The number of sulfonamides is 1. The zero-order valence-electron chi connectivity index (χ0n) is 18.8. The Hall–Kier alpha value is -2.65. The molecule has 0 aliphatic carbocycles. The van der Waals surface area contributed by atoms with Crippen LogP contribution in [0.4, 0.5) is 10.1 Å². The lowest BCUT2D eigenvalue weighted by Crippen LogP contribution is -2.52. The van der Waals surface area contributed by atoms with Crippen molar-refractivity contribution in [2.24, 2.45) is 0 Å². The van der Waals surface area contributed by atoms with Gasteiger partial charge in [0.15, 0.2) is 0 Å². The zero-order chi connectivity index (χ0) is 25.0. The molecule has 1 aliphatic heterocycles. The van der Waals surface area contributed by atoms with Crippen molar-refractivity contribution in [3.63, 3.8) is 0 Å². The van der Waals surface area contributed by atoms with Crippen molar-refractivity contribution >= 4 is 44.8 Å². The Morgan fingerprint density at radius 2 is 1.57 bits per heavy atom. The van der Waals surface area contributed by atoms with Crippen molar-refractivity contribution in [3.8, 4) is 0 Å². The van der Waals surface area contributed by atoms with E-state index in [1.807, 2.05) is 11.0 Å². The van der Waals surface area contributed by atoms with Gasteiger partial charge in [-0.2, -0.15) is 4.31 Å². The third-order valence-electron chi connectivity index (χ3n) is 5.85. The quantitative estimate of drug-likeness (QED) is 0.441. The number of piperazine rings is 1. The van der Waals surface area contributed by atoms with Gasteiger partial charge >= 0.3 is 0 Å². The maximum Gasteiger partial charge on any atom is 0.245 e. The monoisotopic (exact) mass is 535 g/mol. The number of para-hydroxylation sites is 1. The molecule has 3 aromatic rings. The van der Waals surface area contributed by atoms with Crippen molar-refractivity contribution in [3.05, 3.63) is 94.2 Å². The van der Waals surface area contributed by atoms with E-state index < -0.39 is 10.0 Å². The van der Waals surface area contributed by atoms with Crippen molar-refractivity contribution in [2.45, 2.75) is 11.4 Å². The molecule has 3 aromatic carbocycles. The minimum atomic E-state index is -4.14. The van der Waals surface area contributed by atoms with Gasteiger partial charge in [0.05, 0.1) is 17.3 Å². The maximum atomic E-state index is 14.1. The Bertz CT molecular complexity index is 1300. The molecular weight excluding hydrogens is 512 g/mol. The smallest absolute Gasteiger partial charge is 0.245 e. The molecule has 0 N–H and O–H groups in total. The molecule has 1 saturated heterocycles. The maximum absolute atomic E-state index is 14.1. The van der Waals surface area contributed by atoms with Gasteiger partial charge in [-0.1, -0.05) is 65.7 Å². The molecule has 0 bridgehead atoms. The molecule has 0 unspecified atom stereocenters. The molecule has 0 aromatic heterocycles. The number of nitrogens with zero attached hydrogens (tertiary/aromatic N) is 3. The molecule has 0 atom stereocenters. The predicted molar refractivity (Wildman–Crippen MR) is 136 cm³/mol. The first kappa shape index (κ1) is 25.4. The first-order chi connectivity index (χ1) is 16.8. The van der Waals surface area contributed by atoms with Crippen LogP contribution in [0, 0.1) is 5.82 Å². The zero-order valence-corrected chi connectivity index (χ0v) is 21.1. The Morgan fingerprint density at radius 3 is 2.26 bits per heavy atom. The molecule has 6 nitrogen and oxygen atoms in total. The molecule has 4 rings (SSSR count). The number of hydrogen-bond acceptors (Lipinski definition) is 4. The van der Waals surface area contributed by atoms with Crippen LogP contribution < -0.4 is 4.90 Å². The summed E-state index contributed by atoms with van der Waals surface area (Å²) >= 11 is 12.2. The third kappa shape index (κ3) is 5.95. The summed E-state index contributed by atoms with van der Waals surface area (Å²) in [7, 11) is -4.14. The fourth-order valence-corrected chi connectivity index (χ4v) is 6.10. The van der Waals surface area contributed by atoms with E-state index in [1.165, 1.54) is 24.3 Å². The van der Waals surface area contributed by atoms with E-state index in [0.717, 1.165) is 9.87 Å². The normalized spacial score (nSPS) is 14.4. The molecule has 1 heterocycles. The van der Waals surface area contributed by atoms with Crippen molar-refractivity contribution < 1.29 is 17.6 Å². The summed E-state index contributed by atoms with van der Waals surface area (Å²) in [6.07, 6.45) is 0. The van der Waals surface area contributed by atoms with Gasteiger partial charge < -0.3 is 9.80 Å². The fraction of sp³-hybridized carbons (Fsp3) is 0.240. The first-order valence-electron chi connectivity index (χ1n) is 11.0. The minimum Gasteiger partial charge on any atom is -0.366 e. The highest BCUT2D eigenvalue weighted by atomic mass is 35.5. The minimum absolute atomic E-state index is 0.00700. The summed E-state index contributed by atoms with van der Waals surface area (Å²) in [5, 5.41) is 0.252. The predicted octanol–water partition coefficient (Wildman–Crippen LogP) is 4.67. The SMILES string of the molecule is O=C(CN(Cc1ccccc1)S(=O)(=O)c1cc(Cl)ccc1Cl)N1CCN(c2ccccc2F)CC1. The van der Waals surface area contributed by atoms with E-state index in [2.05, 4.69) is 0 Å².